The molecular formula is C55H34N4S. The molecule has 0 unspecified atom stereocenters. The summed E-state index contributed by atoms with van der Waals surface area (Å²) in [7, 11) is 0. The molecule has 0 bridgehead atoms. The van der Waals surface area contributed by atoms with Crippen molar-refractivity contribution < 1.29 is 0 Å². The average molecular weight is 783 g/mol. The lowest BCUT2D eigenvalue weighted by Crippen LogP contribution is -2.32. The second kappa shape index (κ2) is 13.8. The maximum Gasteiger partial charge on any atom is 0.164 e. The number of pyridine rings is 1. The van der Waals surface area contributed by atoms with Crippen LogP contribution in [0.15, 0.2) is 216 Å². The summed E-state index contributed by atoms with van der Waals surface area (Å²) in [6, 6.07) is 71.5. The van der Waals surface area contributed by atoms with Crippen LogP contribution < -0.4 is 0 Å². The molecule has 0 saturated heterocycles. The summed E-state index contributed by atoms with van der Waals surface area (Å²) >= 11 is 1.83. The minimum Gasteiger partial charge on any atom is -0.256 e. The number of hydrogen-bond donors (Lipinski definition) is 0. The Bertz CT molecular complexity index is 3240. The molecule has 10 aromatic rings. The number of para-hydroxylation sites is 1. The van der Waals surface area contributed by atoms with Crippen LogP contribution in [0.3, 0.4) is 0 Å². The van der Waals surface area contributed by atoms with Gasteiger partial charge in [0.1, 0.15) is 0 Å². The SMILES string of the molecule is c1ccc(-c2ccc(-c3nc(-c4ccccc4)nc(-c4ccc5c(c4)C4(c6cc(-c7cccc8cccnc78)ccc6S5)c5ccccc5-c5ccccc54)n3)cc2)cc1. The minimum absolute atomic E-state index is 0.599. The Morgan fingerprint density at radius 2 is 0.800 bits per heavy atom. The fourth-order valence-electron chi connectivity index (χ4n) is 9.34. The van der Waals surface area contributed by atoms with Crippen molar-refractivity contribution in [3.63, 3.8) is 0 Å². The Kier molecular flexibility index (Phi) is 7.97. The standard InChI is InChI=1S/C55H34N4S/c1-3-13-35(14-4-1)36-24-26-39(27-25-36)53-57-52(38-15-5-2-6-16-38)58-54(59-53)41-29-31-50-48(34-41)55(45-22-9-7-19-43(45)44-20-8-10-23-46(44)55)47-33-40(28-30-49(47)60-50)42-21-11-17-37-18-12-32-56-51(37)42/h1-34H. The highest BCUT2D eigenvalue weighted by atomic mass is 32.2. The van der Waals surface area contributed by atoms with Crippen molar-refractivity contribution >= 4 is 22.7 Å². The van der Waals surface area contributed by atoms with Crippen LogP contribution in [0.2, 0.25) is 0 Å². The third kappa shape index (κ3) is 5.40. The first kappa shape index (κ1) is 34.6. The first-order chi connectivity index (χ1) is 29.7. The molecule has 0 saturated carbocycles. The lowest BCUT2D eigenvalue weighted by atomic mass is 9.66. The van der Waals surface area contributed by atoms with Gasteiger partial charge < -0.3 is 0 Å². The van der Waals surface area contributed by atoms with Gasteiger partial charge >= 0.3 is 0 Å². The number of benzene rings is 8. The number of aromatic nitrogens is 4. The Labute approximate surface area is 352 Å². The van der Waals surface area contributed by atoms with Crippen molar-refractivity contribution in [3.8, 4) is 67.5 Å². The molecule has 0 N–H and O–H groups in total. The first-order valence-electron chi connectivity index (χ1n) is 20.2. The summed E-state index contributed by atoms with van der Waals surface area (Å²) in [5, 5.41) is 1.13. The van der Waals surface area contributed by atoms with Crippen LogP contribution in [0.4, 0.5) is 0 Å². The Hall–Kier alpha value is -7.47. The molecule has 280 valence electrons. The zero-order valence-electron chi connectivity index (χ0n) is 32.3. The summed E-state index contributed by atoms with van der Waals surface area (Å²) in [6.45, 7) is 0. The zero-order valence-corrected chi connectivity index (χ0v) is 33.1. The molecule has 0 atom stereocenters. The Morgan fingerprint density at radius 3 is 1.47 bits per heavy atom. The van der Waals surface area contributed by atoms with Crippen molar-refractivity contribution in [1.29, 1.82) is 0 Å². The summed E-state index contributed by atoms with van der Waals surface area (Å²) in [6.07, 6.45) is 1.89. The van der Waals surface area contributed by atoms with Crippen molar-refractivity contribution in [2.75, 3.05) is 0 Å². The molecule has 5 heteroatoms. The average Bonchev–Trinajstić information content (AvgIpc) is 3.62. The van der Waals surface area contributed by atoms with E-state index in [1.807, 2.05) is 48.3 Å². The number of fused-ring (bicyclic) bond motifs is 10. The third-order valence-corrected chi connectivity index (χ3v) is 13.2. The molecule has 2 aliphatic rings. The fraction of sp³-hybridized carbons (Fsp3) is 0.0182. The van der Waals surface area contributed by atoms with E-state index in [1.54, 1.807) is 0 Å². The maximum atomic E-state index is 5.25. The molecule has 3 heterocycles. The lowest BCUT2D eigenvalue weighted by molar-refractivity contribution is 0.723. The van der Waals surface area contributed by atoms with Gasteiger partial charge in [0.2, 0.25) is 0 Å². The van der Waals surface area contributed by atoms with E-state index in [-0.39, 0.29) is 0 Å². The monoisotopic (exact) mass is 782 g/mol. The molecule has 0 amide bonds. The van der Waals surface area contributed by atoms with Gasteiger partial charge in [-0.1, -0.05) is 182 Å². The summed E-state index contributed by atoms with van der Waals surface area (Å²) in [4.78, 5) is 22.9. The normalized spacial score (nSPS) is 13.1. The maximum absolute atomic E-state index is 5.25. The molecule has 2 aromatic heterocycles. The van der Waals surface area contributed by atoms with Gasteiger partial charge in [0.15, 0.2) is 17.5 Å². The summed E-state index contributed by atoms with van der Waals surface area (Å²) in [5.74, 6) is 1.91. The quantitative estimate of drug-likeness (QED) is 0.174. The summed E-state index contributed by atoms with van der Waals surface area (Å²) < 4.78 is 0. The van der Waals surface area contributed by atoms with E-state index in [0.29, 0.717) is 17.5 Å². The second-order valence-corrected chi connectivity index (χ2v) is 16.4. The van der Waals surface area contributed by atoms with Gasteiger partial charge in [-0.2, -0.15) is 0 Å². The van der Waals surface area contributed by atoms with E-state index in [0.717, 1.165) is 44.3 Å². The molecule has 12 rings (SSSR count). The van der Waals surface area contributed by atoms with Crippen LogP contribution in [0.25, 0.3) is 78.4 Å². The third-order valence-electron chi connectivity index (χ3n) is 12.1. The van der Waals surface area contributed by atoms with Gasteiger partial charge in [-0.25, -0.2) is 15.0 Å². The van der Waals surface area contributed by atoms with Crippen molar-refractivity contribution in [1.82, 2.24) is 19.9 Å². The molecule has 1 aliphatic heterocycles. The van der Waals surface area contributed by atoms with Gasteiger partial charge in [-0.05, 0) is 80.4 Å². The zero-order chi connectivity index (χ0) is 39.6. The smallest absolute Gasteiger partial charge is 0.164 e. The topological polar surface area (TPSA) is 51.6 Å². The highest BCUT2D eigenvalue weighted by molar-refractivity contribution is 7.99. The van der Waals surface area contributed by atoms with Crippen LogP contribution in [-0.2, 0) is 5.41 Å². The van der Waals surface area contributed by atoms with Crippen molar-refractivity contribution in [2.45, 2.75) is 15.2 Å². The number of hydrogen-bond acceptors (Lipinski definition) is 5. The van der Waals surface area contributed by atoms with E-state index in [1.165, 1.54) is 48.7 Å². The van der Waals surface area contributed by atoms with Gasteiger partial charge in [-0.15, -0.1) is 0 Å². The minimum atomic E-state index is -0.599. The Morgan fingerprint density at radius 1 is 0.333 bits per heavy atom. The molecule has 0 radical (unpaired) electrons. The fourth-order valence-corrected chi connectivity index (χ4v) is 10.5. The van der Waals surface area contributed by atoms with Crippen molar-refractivity contribution in [2.24, 2.45) is 0 Å². The van der Waals surface area contributed by atoms with Crippen molar-refractivity contribution in [3.05, 3.63) is 229 Å². The second-order valence-electron chi connectivity index (χ2n) is 15.4. The molecule has 1 aliphatic carbocycles. The lowest BCUT2D eigenvalue weighted by Gasteiger charge is -2.40. The van der Waals surface area contributed by atoms with E-state index >= 15 is 0 Å². The van der Waals surface area contributed by atoms with Crippen LogP contribution in [-0.4, -0.2) is 19.9 Å². The molecule has 1 spiro atoms. The van der Waals surface area contributed by atoms with Crippen LogP contribution in [0.5, 0.6) is 0 Å². The van der Waals surface area contributed by atoms with Crippen LogP contribution in [0, 0.1) is 0 Å². The Balaban J connectivity index is 1.08. The molecule has 0 fully saturated rings. The highest BCUT2D eigenvalue weighted by Gasteiger charge is 2.50. The predicted molar refractivity (Wildman–Crippen MR) is 244 cm³/mol. The molecule has 60 heavy (non-hydrogen) atoms. The van der Waals surface area contributed by atoms with Crippen LogP contribution in [0.1, 0.15) is 22.3 Å². The van der Waals surface area contributed by atoms with Gasteiger partial charge in [0.05, 0.1) is 10.9 Å². The van der Waals surface area contributed by atoms with Gasteiger partial charge in [-0.3, -0.25) is 4.98 Å². The number of nitrogens with zero attached hydrogens (tertiary/aromatic N) is 4. The van der Waals surface area contributed by atoms with E-state index in [2.05, 4.69) is 170 Å². The molecular weight excluding hydrogens is 749 g/mol. The highest BCUT2D eigenvalue weighted by Crippen LogP contribution is 2.62. The number of rotatable bonds is 5. The van der Waals surface area contributed by atoms with Gasteiger partial charge in [0.25, 0.3) is 0 Å². The summed E-state index contributed by atoms with van der Waals surface area (Å²) in [5.41, 5.74) is 15.4. The van der Waals surface area contributed by atoms with E-state index in [4.69, 9.17) is 19.9 Å². The predicted octanol–water partition coefficient (Wildman–Crippen LogP) is 13.6. The molecule has 8 aromatic carbocycles. The van der Waals surface area contributed by atoms with Crippen LogP contribution >= 0.6 is 11.8 Å². The molecule has 4 nitrogen and oxygen atoms in total. The van der Waals surface area contributed by atoms with E-state index < -0.39 is 5.41 Å². The first-order valence-corrected chi connectivity index (χ1v) is 21.0. The largest absolute Gasteiger partial charge is 0.256 e. The van der Waals surface area contributed by atoms with E-state index in [9.17, 15) is 0 Å². The van der Waals surface area contributed by atoms with Gasteiger partial charge in [0, 0.05) is 43.6 Å².